The van der Waals surface area contributed by atoms with Crippen LogP contribution < -0.4 is 0 Å². The molecule has 2 rings (SSSR count). The summed E-state index contributed by atoms with van der Waals surface area (Å²) in [5, 5.41) is 10.7. The SMILES string of the molecule is Cc1ccc(/C=C/C(=O)N2CCCC(C)(O)C2)cc1Cl. The van der Waals surface area contributed by atoms with E-state index in [1.54, 1.807) is 24.0 Å². The number of hydrogen-bond acceptors (Lipinski definition) is 2. The highest BCUT2D eigenvalue weighted by Crippen LogP contribution is 2.21. The molecule has 1 fully saturated rings. The molecule has 0 saturated carbocycles. The molecule has 1 aromatic rings. The van der Waals surface area contributed by atoms with E-state index in [0.717, 1.165) is 24.0 Å². The van der Waals surface area contributed by atoms with Crippen molar-refractivity contribution < 1.29 is 9.90 Å². The van der Waals surface area contributed by atoms with E-state index in [2.05, 4.69) is 0 Å². The van der Waals surface area contributed by atoms with Crippen molar-refractivity contribution in [3.05, 3.63) is 40.4 Å². The van der Waals surface area contributed by atoms with Crippen molar-refractivity contribution >= 4 is 23.6 Å². The van der Waals surface area contributed by atoms with E-state index in [0.29, 0.717) is 18.1 Å². The number of carbonyl (C=O) groups excluding carboxylic acids is 1. The van der Waals surface area contributed by atoms with E-state index in [-0.39, 0.29) is 5.91 Å². The highest BCUT2D eigenvalue weighted by atomic mass is 35.5. The summed E-state index contributed by atoms with van der Waals surface area (Å²) in [5.41, 5.74) is 1.15. The molecule has 108 valence electrons. The van der Waals surface area contributed by atoms with Gasteiger partial charge >= 0.3 is 0 Å². The molecule has 1 aliphatic rings. The van der Waals surface area contributed by atoms with Gasteiger partial charge in [-0.2, -0.15) is 0 Å². The number of nitrogens with zero attached hydrogens (tertiary/aromatic N) is 1. The molecule has 1 heterocycles. The van der Waals surface area contributed by atoms with Crippen LogP contribution in [-0.4, -0.2) is 34.6 Å². The predicted molar refractivity (Wildman–Crippen MR) is 81.7 cm³/mol. The van der Waals surface area contributed by atoms with Crippen LogP contribution >= 0.6 is 11.6 Å². The number of aryl methyl sites for hydroxylation is 1. The molecule has 1 atom stereocenters. The number of likely N-dealkylation sites (tertiary alicyclic amines) is 1. The van der Waals surface area contributed by atoms with Gasteiger partial charge in [0.15, 0.2) is 0 Å². The first kappa shape index (κ1) is 15.1. The summed E-state index contributed by atoms with van der Waals surface area (Å²) in [6.07, 6.45) is 4.89. The van der Waals surface area contributed by atoms with Gasteiger partial charge in [0.1, 0.15) is 0 Å². The fourth-order valence-corrected chi connectivity index (χ4v) is 2.58. The first-order valence-electron chi connectivity index (χ1n) is 6.83. The molecule has 3 nitrogen and oxygen atoms in total. The Kier molecular flexibility index (Phi) is 4.51. The van der Waals surface area contributed by atoms with Crippen molar-refractivity contribution in [3.8, 4) is 0 Å². The van der Waals surface area contributed by atoms with Gasteiger partial charge in [-0.1, -0.05) is 23.7 Å². The third kappa shape index (κ3) is 3.84. The summed E-state index contributed by atoms with van der Waals surface area (Å²) in [5.74, 6) is -0.0679. The van der Waals surface area contributed by atoms with Crippen LogP contribution in [-0.2, 0) is 4.79 Å². The zero-order chi connectivity index (χ0) is 14.8. The zero-order valence-electron chi connectivity index (χ0n) is 11.9. The lowest BCUT2D eigenvalue weighted by atomic mass is 9.95. The average molecular weight is 294 g/mol. The molecular weight excluding hydrogens is 274 g/mol. The van der Waals surface area contributed by atoms with Gasteiger partial charge in [0, 0.05) is 24.2 Å². The van der Waals surface area contributed by atoms with Gasteiger partial charge in [-0.15, -0.1) is 0 Å². The van der Waals surface area contributed by atoms with E-state index in [4.69, 9.17) is 11.6 Å². The molecule has 1 N–H and O–H groups in total. The minimum atomic E-state index is -0.769. The third-order valence-electron chi connectivity index (χ3n) is 3.60. The first-order chi connectivity index (χ1) is 9.37. The lowest BCUT2D eigenvalue weighted by Crippen LogP contribution is -2.48. The summed E-state index contributed by atoms with van der Waals surface area (Å²) in [7, 11) is 0. The zero-order valence-corrected chi connectivity index (χ0v) is 12.7. The largest absolute Gasteiger partial charge is 0.388 e. The van der Waals surface area contributed by atoms with Crippen LogP contribution in [0.5, 0.6) is 0 Å². The number of carbonyl (C=O) groups is 1. The van der Waals surface area contributed by atoms with Crippen LogP contribution in [0.1, 0.15) is 30.9 Å². The van der Waals surface area contributed by atoms with Crippen LogP contribution in [0, 0.1) is 6.92 Å². The van der Waals surface area contributed by atoms with Crippen LogP contribution in [0.3, 0.4) is 0 Å². The summed E-state index contributed by atoms with van der Waals surface area (Å²) in [6.45, 7) is 4.81. The van der Waals surface area contributed by atoms with Crippen LogP contribution in [0.25, 0.3) is 6.08 Å². The molecule has 0 spiro atoms. The van der Waals surface area contributed by atoms with Gasteiger partial charge in [0.25, 0.3) is 0 Å². The number of amides is 1. The molecule has 0 radical (unpaired) electrons. The summed E-state index contributed by atoms with van der Waals surface area (Å²) < 4.78 is 0. The van der Waals surface area contributed by atoms with Crippen molar-refractivity contribution in [1.82, 2.24) is 4.90 Å². The Morgan fingerprint density at radius 2 is 2.25 bits per heavy atom. The van der Waals surface area contributed by atoms with Gasteiger partial charge in [-0.25, -0.2) is 0 Å². The standard InChI is InChI=1S/C16H20ClNO2/c1-12-4-5-13(10-14(12)17)6-7-15(19)18-9-3-8-16(2,20)11-18/h4-7,10,20H,3,8-9,11H2,1-2H3/b7-6+. The fraction of sp³-hybridized carbons (Fsp3) is 0.438. The lowest BCUT2D eigenvalue weighted by Gasteiger charge is -2.36. The van der Waals surface area contributed by atoms with E-state index in [1.807, 2.05) is 25.1 Å². The Morgan fingerprint density at radius 1 is 1.50 bits per heavy atom. The van der Waals surface area contributed by atoms with Crippen LogP contribution in [0.2, 0.25) is 5.02 Å². The number of rotatable bonds is 2. The number of piperidine rings is 1. The highest BCUT2D eigenvalue weighted by Gasteiger charge is 2.29. The van der Waals surface area contributed by atoms with Crippen LogP contribution in [0.15, 0.2) is 24.3 Å². The topological polar surface area (TPSA) is 40.5 Å². The molecule has 20 heavy (non-hydrogen) atoms. The highest BCUT2D eigenvalue weighted by molar-refractivity contribution is 6.31. The molecule has 1 amide bonds. The summed E-state index contributed by atoms with van der Waals surface area (Å²) >= 11 is 6.05. The number of aliphatic hydroxyl groups is 1. The smallest absolute Gasteiger partial charge is 0.246 e. The number of benzene rings is 1. The number of halogens is 1. The molecule has 4 heteroatoms. The van der Waals surface area contributed by atoms with Gasteiger partial charge in [0.2, 0.25) is 5.91 Å². The molecule has 1 unspecified atom stereocenters. The lowest BCUT2D eigenvalue weighted by molar-refractivity contribution is -0.132. The average Bonchev–Trinajstić information content (AvgIpc) is 2.38. The van der Waals surface area contributed by atoms with E-state index >= 15 is 0 Å². The van der Waals surface area contributed by atoms with Gasteiger partial charge in [0.05, 0.1) is 5.60 Å². The maximum absolute atomic E-state index is 12.1. The monoisotopic (exact) mass is 293 g/mol. The fourth-order valence-electron chi connectivity index (χ4n) is 2.39. The maximum Gasteiger partial charge on any atom is 0.246 e. The normalized spacial score (nSPS) is 23.3. The maximum atomic E-state index is 12.1. The molecule has 0 bridgehead atoms. The second-order valence-electron chi connectivity index (χ2n) is 5.70. The Morgan fingerprint density at radius 3 is 2.90 bits per heavy atom. The van der Waals surface area contributed by atoms with E-state index in [1.165, 1.54) is 0 Å². The molecule has 0 aromatic heterocycles. The van der Waals surface area contributed by atoms with Gasteiger partial charge < -0.3 is 10.0 Å². The minimum Gasteiger partial charge on any atom is -0.388 e. The molecule has 1 aliphatic heterocycles. The van der Waals surface area contributed by atoms with E-state index in [9.17, 15) is 9.90 Å². The molecular formula is C16H20ClNO2. The van der Waals surface area contributed by atoms with Gasteiger partial charge in [-0.05, 0) is 50.0 Å². The number of hydrogen-bond donors (Lipinski definition) is 1. The van der Waals surface area contributed by atoms with E-state index < -0.39 is 5.60 Å². The summed E-state index contributed by atoms with van der Waals surface area (Å²) in [6, 6.07) is 5.70. The minimum absolute atomic E-state index is 0.0679. The van der Waals surface area contributed by atoms with Crippen molar-refractivity contribution in [2.75, 3.05) is 13.1 Å². The van der Waals surface area contributed by atoms with Crippen molar-refractivity contribution in [1.29, 1.82) is 0 Å². The Balaban J connectivity index is 2.03. The third-order valence-corrected chi connectivity index (χ3v) is 4.01. The quantitative estimate of drug-likeness (QED) is 0.852. The van der Waals surface area contributed by atoms with Crippen molar-refractivity contribution in [3.63, 3.8) is 0 Å². The predicted octanol–water partition coefficient (Wildman–Crippen LogP) is 3.04. The molecule has 1 saturated heterocycles. The Bertz CT molecular complexity index is 537. The van der Waals surface area contributed by atoms with Gasteiger partial charge in [-0.3, -0.25) is 4.79 Å². The summed E-state index contributed by atoms with van der Waals surface area (Å²) in [4.78, 5) is 13.8. The van der Waals surface area contributed by atoms with Crippen LogP contribution in [0.4, 0.5) is 0 Å². The Labute approximate surface area is 124 Å². The molecule has 0 aliphatic carbocycles. The molecule has 1 aromatic carbocycles. The second kappa shape index (κ2) is 5.98. The van der Waals surface area contributed by atoms with Crippen molar-refractivity contribution in [2.45, 2.75) is 32.3 Å². The first-order valence-corrected chi connectivity index (χ1v) is 7.21. The Hall–Kier alpha value is -1.32. The number of β-amino-alcohol motifs (C(OH)–C–C–N with tert-alkyl or cyclic N) is 1. The van der Waals surface area contributed by atoms with Crippen molar-refractivity contribution in [2.24, 2.45) is 0 Å². The second-order valence-corrected chi connectivity index (χ2v) is 6.11.